The summed E-state index contributed by atoms with van der Waals surface area (Å²) in [4.78, 5) is 29.4. The molecule has 2 aromatic carbocycles. The topological polar surface area (TPSA) is 77.1 Å². The van der Waals surface area contributed by atoms with E-state index in [0.29, 0.717) is 46.9 Å². The molecule has 2 aliphatic rings. The minimum absolute atomic E-state index is 0.0138. The first-order valence-corrected chi connectivity index (χ1v) is 11.9. The number of Topliss-reactive ketones (excluding diaryl/α,β-unsaturated/α-hetero) is 1. The predicted octanol–water partition coefficient (Wildman–Crippen LogP) is 5.51. The zero-order valence-electron chi connectivity index (χ0n) is 21.5. The van der Waals surface area contributed by atoms with E-state index in [1.165, 1.54) is 0 Å². The number of para-hydroxylation sites is 2. The summed E-state index contributed by atoms with van der Waals surface area (Å²) in [6.07, 6.45) is 1.07. The van der Waals surface area contributed by atoms with Crippen molar-refractivity contribution in [3.05, 3.63) is 53.2 Å². The number of nitrogens with zero attached hydrogens (tertiary/aromatic N) is 1. The second kappa shape index (κ2) is 9.29. The second-order valence-electron chi connectivity index (χ2n) is 10.2. The number of ketones is 1. The van der Waals surface area contributed by atoms with E-state index in [-0.39, 0.29) is 23.0 Å². The Bertz CT molecular complexity index is 1200. The zero-order chi connectivity index (χ0) is 25.5. The molecular formula is C28H34N2O5. The average Bonchev–Trinajstić information content (AvgIpc) is 2.95. The number of ether oxygens (including phenoxy) is 3. The minimum atomic E-state index is -0.700. The zero-order valence-corrected chi connectivity index (χ0v) is 21.5. The highest BCUT2D eigenvalue weighted by atomic mass is 16.5. The normalized spacial score (nSPS) is 18.9. The Labute approximate surface area is 207 Å². The second-order valence-corrected chi connectivity index (χ2v) is 10.2. The average molecular weight is 479 g/mol. The number of rotatable bonds is 5. The molecule has 0 saturated heterocycles. The third-order valence-corrected chi connectivity index (χ3v) is 6.66. The number of hydrogen-bond acceptors (Lipinski definition) is 6. The van der Waals surface area contributed by atoms with Gasteiger partial charge in [-0.2, -0.15) is 0 Å². The lowest BCUT2D eigenvalue weighted by Crippen LogP contribution is -2.41. The molecule has 35 heavy (non-hydrogen) atoms. The molecule has 4 rings (SSSR count). The van der Waals surface area contributed by atoms with Gasteiger partial charge in [0, 0.05) is 29.2 Å². The van der Waals surface area contributed by atoms with E-state index in [0.717, 1.165) is 11.4 Å². The Morgan fingerprint density at radius 3 is 2.31 bits per heavy atom. The third kappa shape index (κ3) is 4.24. The van der Waals surface area contributed by atoms with Crippen LogP contribution in [0.3, 0.4) is 0 Å². The first-order valence-electron chi connectivity index (χ1n) is 11.9. The Balaban J connectivity index is 2.10. The first-order chi connectivity index (χ1) is 16.6. The Kier molecular flexibility index (Phi) is 6.54. The standard InChI is InChI=1S/C28H34N2O5/c1-16(2)27(32)30-20-11-9-8-10-18(20)29-19-14-28(3,4)15-21(31)23(19)24(30)17-12-13-22(33-5)26(35-7)25(17)34-6/h8-13,16,24,29H,14-15H2,1-7H3. The predicted molar refractivity (Wildman–Crippen MR) is 136 cm³/mol. The van der Waals surface area contributed by atoms with Crippen LogP contribution in [0, 0.1) is 11.3 Å². The van der Waals surface area contributed by atoms with Crippen molar-refractivity contribution < 1.29 is 23.8 Å². The fraction of sp³-hybridized carbons (Fsp3) is 0.429. The molecule has 1 N–H and O–H groups in total. The summed E-state index contributed by atoms with van der Waals surface area (Å²) >= 11 is 0. The van der Waals surface area contributed by atoms with Gasteiger partial charge in [-0.1, -0.05) is 39.8 Å². The van der Waals surface area contributed by atoms with Crippen LogP contribution in [0.4, 0.5) is 11.4 Å². The maximum atomic E-state index is 13.9. The molecule has 0 spiro atoms. The molecule has 0 fully saturated rings. The van der Waals surface area contributed by atoms with Gasteiger partial charge in [-0.3, -0.25) is 14.5 Å². The molecule has 0 saturated carbocycles. The Morgan fingerprint density at radius 2 is 1.69 bits per heavy atom. The molecule has 0 bridgehead atoms. The summed E-state index contributed by atoms with van der Waals surface area (Å²) < 4.78 is 17.0. The van der Waals surface area contributed by atoms with Gasteiger partial charge in [0.25, 0.3) is 0 Å². The Hall–Kier alpha value is -3.48. The largest absolute Gasteiger partial charge is 0.493 e. The van der Waals surface area contributed by atoms with Crippen molar-refractivity contribution in [2.24, 2.45) is 11.3 Å². The van der Waals surface area contributed by atoms with Crippen molar-refractivity contribution in [2.45, 2.75) is 46.6 Å². The van der Waals surface area contributed by atoms with Gasteiger partial charge in [-0.05, 0) is 36.1 Å². The van der Waals surface area contributed by atoms with Gasteiger partial charge in [0.05, 0.1) is 38.7 Å². The molecule has 2 aromatic rings. The third-order valence-electron chi connectivity index (χ3n) is 6.66. The van der Waals surface area contributed by atoms with Crippen molar-refractivity contribution in [1.29, 1.82) is 0 Å². The molecule has 0 radical (unpaired) electrons. The van der Waals surface area contributed by atoms with Crippen molar-refractivity contribution in [1.82, 2.24) is 0 Å². The van der Waals surface area contributed by atoms with E-state index >= 15 is 0 Å². The summed E-state index contributed by atoms with van der Waals surface area (Å²) in [7, 11) is 4.66. The van der Waals surface area contributed by atoms with E-state index in [1.807, 2.05) is 44.2 Å². The van der Waals surface area contributed by atoms with Crippen molar-refractivity contribution in [3.63, 3.8) is 0 Å². The van der Waals surface area contributed by atoms with Crippen molar-refractivity contribution >= 4 is 23.1 Å². The summed E-state index contributed by atoms with van der Waals surface area (Å²) in [5.41, 5.74) is 3.38. The van der Waals surface area contributed by atoms with E-state index in [9.17, 15) is 9.59 Å². The van der Waals surface area contributed by atoms with Crippen LogP contribution < -0.4 is 24.4 Å². The fourth-order valence-electron chi connectivity index (χ4n) is 5.14. The van der Waals surface area contributed by atoms with E-state index < -0.39 is 6.04 Å². The van der Waals surface area contributed by atoms with Crippen molar-refractivity contribution in [2.75, 3.05) is 31.5 Å². The number of benzene rings is 2. The summed E-state index contributed by atoms with van der Waals surface area (Å²) in [5.74, 6) is 0.983. The molecule has 0 aromatic heterocycles. The van der Waals surface area contributed by atoms with Crippen molar-refractivity contribution in [3.8, 4) is 17.2 Å². The molecule has 1 unspecified atom stereocenters. The molecule has 1 atom stereocenters. The molecule has 1 heterocycles. The number of anilines is 2. The van der Waals surface area contributed by atoms with Gasteiger partial charge < -0.3 is 19.5 Å². The van der Waals surface area contributed by atoms with Crippen LogP contribution in [-0.2, 0) is 9.59 Å². The Morgan fingerprint density at radius 1 is 1.00 bits per heavy atom. The fourth-order valence-corrected chi connectivity index (χ4v) is 5.14. The lowest BCUT2D eigenvalue weighted by Gasteiger charge is -2.38. The van der Waals surface area contributed by atoms with E-state index in [2.05, 4.69) is 19.2 Å². The number of amides is 1. The number of carbonyl (C=O) groups excluding carboxylic acids is 2. The smallest absolute Gasteiger partial charge is 0.230 e. The number of fused-ring (bicyclic) bond motifs is 1. The number of allylic oxidation sites excluding steroid dienone is 1. The SMILES string of the molecule is COc1ccc(C2C3=C(CC(C)(C)CC3=O)Nc3ccccc3N2C(=O)C(C)C)c(OC)c1OC. The van der Waals surface area contributed by atoms with Crippen LogP contribution in [0.1, 0.15) is 52.1 Å². The molecule has 7 heteroatoms. The summed E-state index contributed by atoms with van der Waals surface area (Å²) in [5, 5.41) is 3.53. The number of carbonyl (C=O) groups is 2. The summed E-state index contributed by atoms with van der Waals surface area (Å²) in [6, 6.07) is 10.6. The van der Waals surface area contributed by atoms with Gasteiger partial charge in [0.2, 0.25) is 11.7 Å². The van der Waals surface area contributed by atoms with Crippen LogP contribution in [0.5, 0.6) is 17.2 Å². The number of methoxy groups -OCH3 is 3. The highest BCUT2D eigenvalue weighted by Gasteiger charge is 2.45. The number of nitrogens with one attached hydrogen (secondary N) is 1. The van der Waals surface area contributed by atoms with Gasteiger partial charge in [-0.15, -0.1) is 0 Å². The molecule has 7 nitrogen and oxygen atoms in total. The molecule has 1 aliphatic carbocycles. The lowest BCUT2D eigenvalue weighted by atomic mass is 9.73. The van der Waals surface area contributed by atoms with E-state index in [4.69, 9.17) is 14.2 Å². The van der Waals surface area contributed by atoms with Crippen LogP contribution in [0.15, 0.2) is 47.7 Å². The van der Waals surface area contributed by atoms with E-state index in [1.54, 1.807) is 32.3 Å². The molecule has 1 amide bonds. The van der Waals surface area contributed by atoms with Crippen LogP contribution >= 0.6 is 0 Å². The summed E-state index contributed by atoms with van der Waals surface area (Å²) in [6.45, 7) is 7.92. The van der Waals surface area contributed by atoms with Crippen LogP contribution in [0.25, 0.3) is 0 Å². The van der Waals surface area contributed by atoms with Gasteiger partial charge in [-0.25, -0.2) is 0 Å². The maximum absolute atomic E-state index is 13.9. The molecule has 186 valence electrons. The van der Waals surface area contributed by atoms with Crippen LogP contribution in [-0.4, -0.2) is 33.0 Å². The monoisotopic (exact) mass is 478 g/mol. The van der Waals surface area contributed by atoms with Gasteiger partial charge in [0.1, 0.15) is 0 Å². The highest BCUT2D eigenvalue weighted by Crippen LogP contribution is 2.52. The van der Waals surface area contributed by atoms with Gasteiger partial charge >= 0.3 is 0 Å². The lowest BCUT2D eigenvalue weighted by molar-refractivity contribution is -0.122. The maximum Gasteiger partial charge on any atom is 0.230 e. The number of hydrogen-bond donors (Lipinski definition) is 1. The van der Waals surface area contributed by atoms with Gasteiger partial charge in [0.15, 0.2) is 17.3 Å². The first kappa shape index (κ1) is 24.6. The highest BCUT2D eigenvalue weighted by molar-refractivity contribution is 6.07. The minimum Gasteiger partial charge on any atom is -0.493 e. The van der Waals surface area contributed by atoms with Crippen LogP contribution in [0.2, 0.25) is 0 Å². The molecule has 1 aliphatic heterocycles. The quantitative estimate of drug-likeness (QED) is 0.611. The molecular weight excluding hydrogens is 444 g/mol.